The van der Waals surface area contributed by atoms with Gasteiger partial charge in [-0.2, -0.15) is 0 Å². The second-order valence-electron chi connectivity index (χ2n) is 16.0. The lowest BCUT2D eigenvalue weighted by Gasteiger charge is -2.34. The minimum atomic E-state index is -3.32. The first-order valence-corrected chi connectivity index (χ1v) is 23.2. The van der Waals surface area contributed by atoms with Gasteiger partial charge in [0.2, 0.25) is 19.8 Å². The van der Waals surface area contributed by atoms with Crippen molar-refractivity contribution in [2.75, 3.05) is 14.4 Å². The maximum atomic E-state index is 5.60. The average molecular weight is 826 g/mol. The third-order valence-corrected chi connectivity index (χ3v) is 17.2. The summed E-state index contributed by atoms with van der Waals surface area (Å²) in [6.45, 7) is 0. The number of rotatable bonds is 7. The van der Waals surface area contributed by atoms with Crippen molar-refractivity contribution in [3.05, 3.63) is 219 Å². The lowest BCUT2D eigenvalue weighted by atomic mass is 9.86. The minimum absolute atomic E-state index is 0.194. The molecule has 0 unspecified atom stereocenters. The average Bonchev–Trinajstić information content (AvgIpc) is 4.09. The van der Waals surface area contributed by atoms with Crippen molar-refractivity contribution < 1.29 is 0 Å². The van der Waals surface area contributed by atoms with Crippen molar-refractivity contribution in [2.24, 2.45) is 0 Å². The predicted molar refractivity (Wildman–Crippen MR) is 258 cm³/mol. The smallest absolute Gasteiger partial charge is 0.344 e. The van der Waals surface area contributed by atoms with Crippen LogP contribution in [0.5, 0.6) is 0 Å². The predicted octanol–water partition coefficient (Wildman–Crippen LogP) is 8.42. The van der Waals surface area contributed by atoms with Crippen molar-refractivity contribution in [1.29, 1.82) is 0 Å². The summed E-state index contributed by atoms with van der Waals surface area (Å²) in [5.41, 5.74) is 11.5. The Bertz CT molecular complexity index is 3470. The van der Waals surface area contributed by atoms with E-state index in [9.17, 15) is 0 Å². The van der Waals surface area contributed by atoms with Crippen LogP contribution < -0.4 is 35.4 Å². The maximum absolute atomic E-state index is 5.60. The quantitative estimate of drug-likeness (QED) is 0.118. The first kappa shape index (κ1) is 35.5. The maximum Gasteiger partial charge on any atom is 0.519 e. The third-order valence-electron chi connectivity index (χ3n) is 12.7. The van der Waals surface area contributed by atoms with Crippen LogP contribution in [-0.2, 0) is 0 Å². The van der Waals surface area contributed by atoms with Gasteiger partial charge in [0.1, 0.15) is 11.8 Å². The van der Waals surface area contributed by atoms with Crippen LogP contribution in [0.15, 0.2) is 219 Å². The van der Waals surface area contributed by atoms with E-state index in [4.69, 9.17) is 19.9 Å². The molecule has 0 N–H and O–H groups in total. The second kappa shape index (κ2) is 13.9. The molecular weight excluding hydrogens is 790 g/mol. The van der Waals surface area contributed by atoms with Gasteiger partial charge in [-0.15, -0.1) is 0 Å². The van der Waals surface area contributed by atoms with Crippen LogP contribution in [0, 0.1) is 0 Å². The number of hydrogen-bond acceptors (Lipinski definition) is 7. The molecule has 13 rings (SSSR count). The molecule has 0 saturated heterocycles. The zero-order chi connectivity index (χ0) is 41.5. The SMILES string of the molecule is c1ccc(N2B3N(c4cccc([Si](c5ccccc5)(c5ccccc5)c5ncnc(-n6c7ccccc7n7c8ccccc8nc67)n5)c4)c4ccccc4N3c3ccccc32)cc1. The Morgan fingerprint density at radius 1 is 0.397 bits per heavy atom. The molecule has 0 radical (unpaired) electrons. The molecule has 296 valence electrons. The number of nitrogens with zero attached hydrogens (tertiary/aromatic N) is 9. The van der Waals surface area contributed by atoms with E-state index in [0.717, 1.165) is 66.9 Å². The molecule has 11 aromatic rings. The molecular formula is C52H36BN9Si. The fourth-order valence-corrected chi connectivity index (χ4v) is 14.5. The van der Waals surface area contributed by atoms with Gasteiger partial charge in [0.25, 0.3) is 0 Å². The summed E-state index contributed by atoms with van der Waals surface area (Å²) in [7, 11) is -3.51. The Morgan fingerprint density at radius 2 is 0.905 bits per heavy atom. The van der Waals surface area contributed by atoms with Crippen molar-refractivity contribution in [3.8, 4) is 5.95 Å². The van der Waals surface area contributed by atoms with Crippen LogP contribution >= 0.6 is 0 Å². The lowest BCUT2D eigenvalue weighted by Crippen LogP contribution is -2.76. The van der Waals surface area contributed by atoms with Gasteiger partial charge in [0.05, 0.1) is 44.8 Å². The molecule has 2 aliphatic heterocycles. The van der Waals surface area contributed by atoms with E-state index < -0.39 is 8.07 Å². The summed E-state index contributed by atoms with van der Waals surface area (Å²) in [6, 6.07) is 75.6. The molecule has 0 fully saturated rings. The summed E-state index contributed by atoms with van der Waals surface area (Å²) in [5, 5.41) is 3.49. The van der Waals surface area contributed by atoms with Crippen LogP contribution in [-0.4, -0.2) is 44.1 Å². The summed E-state index contributed by atoms with van der Waals surface area (Å²) in [6.07, 6.45) is 1.69. The Morgan fingerprint density at radius 3 is 1.57 bits per heavy atom. The van der Waals surface area contributed by atoms with Gasteiger partial charge >= 0.3 is 7.12 Å². The van der Waals surface area contributed by atoms with Crippen LogP contribution in [0.25, 0.3) is 33.8 Å². The number of aromatic nitrogens is 6. The van der Waals surface area contributed by atoms with Crippen molar-refractivity contribution in [2.45, 2.75) is 0 Å². The van der Waals surface area contributed by atoms with Crippen molar-refractivity contribution in [1.82, 2.24) is 28.9 Å². The lowest BCUT2D eigenvalue weighted by molar-refractivity contribution is 0.943. The van der Waals surface area contributed by atoms with E-state index >= 15 is 0 Å². The van der Waals surface area contributed by atoms with Crippen LogP contribution in [0.1, 0.15) is 0 Å². The Labute approximate surface area is 364 Å². The topological polar surface area (TPSA) is 70.6 Å². The van der Waals surface area contributed by atoms with E-state index in [1.807, 2.05) is 6.07 Å². The normalized spacial score (nSPS) is 13.3. The molecule has 3 aromatic heterocycles. The van der Waals surface area contributed by atoms with Gasteiger partial charge in [-0.05, 0) is 88.4 Å². The van der Waals surface area contributed by atoms with E-state index in [1.54, 1.807) is 6.33 Å². The Hall–Kier alpha value is -8.28. The number of para-hydroxylation sites is 9. The van der Waals surface area contributed by atoms with Gasteiger partial charge in [-0.3, -0.25) is 4.40 Å². The molecule has 0 amide bonds. The Balaban J connectivity index is 1.06. The molecule has 0 saturated carbocycles. The first-order chi connectivity index (χ1) is 31.3. The van der Waals surface area contributed by atoms with E-state index in [1.165, 1.54) is 16.1 Å². The molecule has 2 aliphatic rings. The van der Waals surface area contributed by atoms with Crippen LogP contribution in [0.4, 0.5) is 34.1 Å². The summed E-state index contributed by atoms with van der Waals surface area (Å²) < 4.78 is 4.28. The molecule has 63 heavy (non-hydrogen) atoms. The zero-order valence-electron chi connectivity index (χ0n) is 33.9. The molecule has 11 heteroatoms. The molecule has 0 atom stereocenters. The van der Waals surface area contributed by atoms with Gasteiger partial charge < -0.3 is 14.4 Å². The molecule has 9 nitrogen and oxygen atoms in total. The summed E-state index contributed by atoms with van der Waals surface area (Å²) in [5.74, 6) is 1.27. The number of imidazole rings is 2. The molecule has 0 aliphatic carbocycles. The highest BCUT2D eigenvalue weighted by molar-refractivity contribution is 7.19. The zero-order valence-corrected chi connectivity index (χ0v) is 34.9. The standard InChI is InChI=1S/C52H36BN9Si/c1-4-19-37(20-5-1)60-46-31-14-16-33-48(46)62-49-34-17-15-32-47(49)61(53(60)62)38-21-18-26-41(35-38)63(39-22-6-2-7-23-39,40-24-8-3-9-25-40)51-55-36-54-50(57-51)59-45-30-13-12-29-44(45)58-43-28-11-10-27-42(43)56-52(58)59/h1-36H. The van der Waals surface area contributed by atoms with Crippen LogP contribution in [0.2, 0.25) is 0 Å². The third kappa shape index (κ3) is 5.11. The summed E-state index contributed by atoms with van der Waals surface area (Å²) in [4.78, 5) is 28.3. The monoisotopic (exact) mass is 825 g/mol. The number of hydrogen-bond donors (Lipinski definition) is 0. The van der Waals surface area contributed by atoms with Crippen molar-refractivity contribution in [3.63, 3.8) is 0 Å². The van der Waals surface area contributed by atoms with Gasteiger partial charge in [0, 0.05) is 11.4 Å². The molecule has 5 heterocycles. The van der Waals surface area contributed by atoms with Crippen LogP contribution in [0.3, 0.4) is 0 Å². The Kier molecular flexibility index (Phi) is 7.82. The number of benzene rings is 8. The first-order valence-electron chi connectivity index (χ1n) is 21.2. The van der Waals surface area contributed by atoms with E-state index in [2.05, 4.69) is 230 Å². The fraction of sp³-hybridized carbons (Fsp3) is 0. The highest BCUT2D eigenvalue weighted by Gasteiger charge is 2.54. The number of anilines is 6. The highest BCUT2D eigenvalue weighted by Crippen LogP contribution is 2.55. The molecule has 0 bridgehead atoms. The van der Waals surface area contributed by atoms with Gasteiger partial charge in [-0.1, -0.05) is 140 Å². The highest BCUT2D eigenvalue weighted by atomic mass is 28.3. The number of fused-ring (bicyclic) bond motifs is 10. The largest absolute Gasteiger partial charge is 0.519 e. The van der Waals surface area contributed by atoms with E-state index in [0.29, 0.717) is 5.95 Å². The van der Waals surface area contributed by atoms with E-state index in [-0.39, 0.29) is 7.12 Å². The molecule has 0 spiro atoms. The molecule has 8 aromatic carbocycles. The van der Waals surface area contributed by atoms with Gasteiger partial charge in [-0.25, -0.2) is 24.5 Å². The van der Waals surface area contributed by atoms with Crippen molar-refractivity contribution >= 4 is 98.2 Å². The minimum Gasteiger partial charge on any atom is -0.344 e. The van der Waals surface area contributed by atoms with Gasteiger partial charge in [0.15, 0.2) is 0 Å². The fourth-order valence-electron chi connectivity index (χ4n) is 10.1. The second-order valence-corrected chi connectivity index (χ2v) is 19.7. The summed E-state index contributed by atoms with van der Waals surface area (Å²) >= 11 is 0.